The van der Waals surface area contributed by atoms with Gasteiger partial charge in [-0.3, -0.25) is 0 Å². The van der Waals surface area contributed by atoms with E-state index < -0.39 is 5.67 Å². The quantitative estimate of drug-likeness (QED) is 0.617. The van der Waals surface area contributed by atoms with Crippen LogP contribution >= 0.6 is 11.8 Å². The first kappa shape index (κ1) is 9.00. The Bertz CT molecular complexity index is 334. The van der Waals surface area contributed by atoms with Crippen LogP contribution in [-0.4, -0.2) is 5.75 Å². The van der Waals surface area contributed by atoms with Gasteiger partial charge >= 0.3 is 0 Å². The second-order valence-corrected chi connectivity index (χ2v) is 4.57. The van der Waals surface area contributed by atoms with Crippen LogP contribution in [0.5, 0.6) is 0 Å². The van der Waals surface area contributed by atoms with Crippen LogP contribution in [0.2, 0.25) is 0 Å². The molecule has 0 aromatic heterocycles. The van der Waals surface area contributed by atoms with Crippen LogP contribution in [0.25, 0.3) is 0 Å². The third-order valence-electron chi connectivity index (χ3n) is 2.33. The van der Waals surface area contributed by atoms with Gasteiger partial charge in [0, 0.05) is 16.2 Å². The third-order valence-corrected chi connectivity index (χ3v) is 3.39. The van der Waals surface area contributed by atoms with E-state index in [0.717, 1.165) is 10.6 Å². The van der Waals surface area contributed by atoms with Gasteiger partial charge in [-0.15, -0.1) is 11.8 Å². The molecule has 0 spiro atoms. The molecule has 0 radical (unpaired) electrons. The summed E-state index contributed by atoms with van der Waals surface area (Å²) in [7, 11) is 0. The normalized spacial score (nSPS) is 27.0. The van der Waals surface area contributed by atoms with Crippen LogP contribution in [0.4, 0.5) is 8.78 Å². The second kappa shape index (κ2) is 2.98. The third kappa shape index (κ3) is 1.57. The Labute approximate surface area is 80.3 Å². The highest BCUT2D eigenvalue weighted by atomic mass is 32.2. The first-order valence-electron chi connectivity index (χ1n) is 4.21. The van der Waals surface area contributed by atoms with Crippen LogP contribution < -0.4 is 0 Å². The second-order valence-electron chi connectivity index (χ2n) is 3.44. The number of rotatable bonds is 0. The predicted molar refractivity (Wildman–Crippen MR) is 50.2 cm³/mol. The molecule has 1 atom stereocenters. The molecule has 13 heavy (non-hydrogen) atoms. The zero-order valence-electron chi connectivity index (χ0n) is 7.31. The highest BCUT2D eigenvalue weighted by Gasteiger charge is 2.32. The van der Waals surface area contributed by atoms with Crippen molar-refractivity contribution in [2.45, 2.75) is 23.9 Å². The molecule has 0 N–H and O–H groups in total. The number of alkyl halides is 1. The molecule has 1 aromatic rings. The summed E-state index contributed by atoms with van der Waals surface area (Å²) < 4.78 is 26.7. The van der Waals surface area contributed by atoms with Crippen LogP contribution in [0.15, 0.2) is 23.1 Å². The van der Waals surface area contributed by atoms with Gasteiger partial charge in [-0.05, 0) is 25.5 Å². The highest BCUT2D eigenvalue weighted by Crippen LogP contribution is 2.42. The standard InChI is InChI=1S/C10H10F2S/c1-10(12)4-5-13-9-6-7(11)2-3-8(9)10/h2-3,6H,4-5H2,1H3. The molecule has 0 nitrogen and oxygen atoms in total. The molecular weight excluding hydrogens is 190 g/mol. The van der Waals surface area contributed by atoms with E-state index in [1.165, 1.54) is 23.9 Å². The Kier molecular flexibility index (Phi) is 2.06. The van der Waals surface area contributed by atoms with Gasteiger partial charge in [-0.1, -0.05) is 6.07 Å². The molecule has 1 unspecified atom stereocenters. The van der Waals surface area contributed by atoms with Crippen molar-refractivity contribution >= 4 is 11.8 Å². The van der Waals surface area contributed by atoms with Crippen molar-refractivity contribution in [1.29, 1.82) is 0 Å². The molecule has 0 saturated carbocycles. The van der Waals surface area contributed by atoms with Gasteiger partial charge in [0.15, 0.2) is 0 Å². The van der Waals surface area contributed by atoms with Gasteiger partial charge in [-0.25, -0.2) is 8.78 Å². The van der Waals surface area contributed by atoms with E-state index in [1.54, 1.807) is 13.0 Å². The molecule has 1 heterocycles. The summed E-state index contributed by atoms with van der Waals surface area (Å²) in [5.74, 6) is 0.438. The van der Waals surface area contributed by atoms with Crippen molar-refractivity contribution < 1.29 is 8.78 Å². The van der Waals surface area contributed by atoms with Crippen molar-refractivity contribution in [1.82, 2.24) is 0 Å². The summed E-state index contributed by atoms with van der Waals surface area (Å²) in [6.45, 7) is 1.56. The van der Waals surface area contributed by atoms with Crippen molar-refractivity contribution in [3.05, 3.63) is 29.6 Å². The number of benzene rings is 1. The zero-order valence-corrected chi connectivity index (χ0v) is 8.13. The number of thioether (sulfide) groups is 1. The van der Waals surface area contributed by atoms with E-state index in [2.05, 4.69) is 0 Å². The molecule has 0 fully saturated rings. The highest BCUT2D eigenvalue weighted by molar-refractivity contribution is 7.99. The molecule has 0 saturated heterocycles. The summed E-state index contributed by atoms with van der Waals surface area (Å²) in [6.07, 6.45) is 0.510. The molecule has 70 valence electrons. The minimum absolute atomic E-state index is 0.288. The fourth-order valence-corrected chi connectivity index (χ4v) is 2.87. The maximum absolute atomic E-state index is 13.9. The minimum atomic E-state index is -1.28. The SMILES string of the molecule is CC1(F)CCSc2cc(F)ccc21. The van der Waals surface area contributed by atoms with E-state index >= 15 is 0 Å². The molecular formula is C10H10F2S. The van der Waals surface area contributed by atoms with E-state index in [0.29, 0.717) is 12.0 Å². The van der Waals surface area contributed by atoms with Gasteiger partial charge in [0.2, 0.25) is 0 Å². The Morgan fingerprint density at radius 3 is 3.00 bits per heavy atom. The molecule has 1 aliphatic heterocycles. The fraction of sp³-hybridized carbons (Fsp3) is 0.400. The topological polar surface area (TPSA) is 0 Å². The summed E-state index contributed by atoms with van der Waals surface area (Å²) in [4.78, 5) is 0.747. The number of halogens is 2. The maximum atomic E-state index is 13.9. The lowest BCUT2D eigenvalue weighted by Gasteiger charge is -2.27. The lowest BCUT2D eigenvalue weighted by atomic mass is 9.95. The molecule has 3 heteroatoms. The zero-order chi connectivity index (χ0) is 9.47. The maximum Gasteiger partial charge on any atom is 0.135 e. The predicted octanol–water partition coefficient (Wildman–Crippen LogP) is 3.51. The van der Waals surface area contributed by atoms with Crippen molar-refractivity contribution in [3.63, 3.8) is 0 Å². The monoisotopic (exact) mass is 200 g/mol. The minimum Gasteiger partial charge on any atom is -0.239 e. The molecule has 2 rings (SSSR count). The molecule has 0 aliphatic carbocycles. The van der Waals surface area contributed by atoms with E-state index in [9.17, 15) is 8.78 Å². The lowest BCUT2D eigenvalue weighted by Crippen LogP contribution is -2.21. The summed E-state index contributed by atoms with van der Waals surface area (Å²) in [6, 6.07) is 4.29. The van der Waals surface area contributed by atoms with E-state index in [1.807, 2.05) is 0 Å². The van der Waals surface area contributed by atoms with Crippen molar-refractivity contribution in [2.24, 2.45) is 0 Å². The number of hydrogen-bond acceptors (Lipinski definition) is 1. The van der Waals surface area contributed by atoms with Crippen LogP contribution in [0, 0.1) is 5.82 Å². The summed E-state index contributed by atoms with van der Waals surface area (Å²) >= 11 is 1.53. The largest absolute Gasteiger partial charge is 0.239 e. The van der Waals surface area contributed by atoms with E-state index in [4.69, 9.17) is 0 Å². The van der Waals surface area contributed by atoms with Crippen LogP contribution in [-0.2, 0) is 5.67 Å². The Morgan fingerprint density at radius 2 is 2.23 bits per heavy atom. The van der Waals surface area contributed by atoms with Gasteiger partial charge in [0.25, 0.3) is 0 Å². The van der Waals surface area contributed by atoms with Gasteiger partial charge < -0.3 is 0 Å². The first-order chi connectivity index (χ1) is 6.09. The molecule has 1 aliphatic rings. The average molecular weight is 200 g/mol. The Hall–Kier alpha value is -0.570. The molecule has 0 bridgehead atoms. The van der Waals surface area contributed by atoms with Crippen LogP contribution in [0.1, 0.15) is 18.9 Å². The molecule has 0 amide bonds. The van der Waals surface area contributed by atoms with Crippen molar-refractivity contribution in [3.8, 4) is 0 Å². The fourth-order valence-electron chi connectivity index (χ4n) is 1.53. The average Bonchev–Trinajstić information content (AvgIpc) is 2.02. The number of hydrogen-bond donors (Lipinski definition) is 0. The Morgan fingerprint density at radius 1 is 1.46 bits per heavy atom. The first-order valence-corrected chi connectivity index (χ1v) is 5.20. The van der Waals surface area contributed by atoms with Gasteiger partial charge in [0.05, 0.1) is 0 Å². The summed E-state index contributed by atoms with van der Waals surface area (Å²) in [5, 5.41) is 0. The lowest BCUT2D eigenvalue weighted by molar-refractivity contribution is 0.180. The van der Waals surface area contributed by atoms with E-state index in [-0.39, 0.29) is 5.82 Å². The van der Waals surface area contributed by atoms with Crippen LogP contribution in [0.3, 0.4) is 0 Å². The van der Waals surface area contributed by atoms with Crippen molar-refractivity contribution in [2.75, 3.05) is 5.75 Å². The van der Waals surface area contributed by atoms with Gasteiger partial charge in [0.1, 0.15) is 11.5 Å². The Balaban J connectivity index is 2.53. The summed E-state index contributed by atoms with van der Waals surface area (Å²) in [5.41, 5.74) is -0.654. The number of fused-ring (bicyclic) bond motifs is 1. The molecule has 1 aromatic carbocycles. The van der Waals surface area contributed by atoms with Gasteiger partial charge in [-0.2, -0.15) is 0 Å². The smallest absolute Gasteiger partial charge is 0.135 e.